The lowest BCUT2D eigenvalue weighted by Crippen LogP contribution is -2.42. The number of nitrogens with one attached hydrogen (secondary N) is 1. The molecule has 0 aromatic carbocycles. The zero-order chi connectivity index (χ0) is 14.8. The first-order valence-electron chi connectivity index (χ1n) is 7.11. The third-order valence-corrected chi connectivity index (χ3v) is 4.64. The first-order valence-corrected chi connectivity index (χ1v) is 7.99. The maximum atomic E-state index is 12.2. The highest BCUT2D eigenvalue weighted by Crippen LogP contribution is 2.32. The van der Waals surface area contributed by atoms with Crippen molar-refractivity contribution < 1.29 is 4.79 Å². The van der Waals surface area contributed by atoms with Crippen LogP contribution in [0.1, 0.15) is 19.3 Å². The van der Waals surface area contributed by atoms with Crippen molar-refractivity contribution in [3.8, 4) is 0 Å². The number of thiophene rings is 1. The zero-order valence-electron chi connectivity index (χ0n) is 11.6. The Bertz CT molecular complexity index is 704. The van der Waals surface area contributed by atoms with Crippen molar-refractivity contribution in [3.05, 3.63) is 28.1 Å². The van der Waals surface area contributed by atoms with Crippen molar-refractivity contribution in [1.29, 1.82) is 0 Å². The minimum absolute atomic E-state index is 0.0605. The smallest absolute Gasteiger partial charge is 0.262 e. The second-order valence-corrected chi connectivity index (χ2v) is 6.27. The quantitative estimate of drug-likeness (QED) is 0.822. The van der Waals surface area contributed by atoms with Crippen molar-refractivity contribution in [3.63, 3.8) is 0 Å². The molecule has 1 fully saturated rings. The highest BCUT2D eigenvalue weighted by atomic mass is 32.1. The van der Waals surface area contributed by atoms with Gasteiger partial charge in [0.25, 0.3) is 5.56 Å². The number of nitrogens with zero attached hydrogens (tertiary/aromatic N) is 2. The molecule has 0 bridgehead atoms. The van der Waals surface area contributed by atoms with Crippen LogP contribution in [0.2, 0.25) is 0 Å². The number of rotatable bonds is 6. The normalized spacial score (nSPS) is 16.0. The fourth-order valence-corrected chi connectivity index (χ4v) is 3.14. The van der Waals surface area contributed by atoms with E-state index in [4.69, 9.17) is 5.73 Å². The molecule has 0 radical (unpaired) electrons. The molecule has 2 aromatic heterocycles. The van der Waals surface area contributed by atoms with Gasteiger partial charge in [0.15, 0.2) is 0 Å². The van der Waals surface area contributed by atoms with Crippen molar-refractivity contribution in [2.45, 2.75) is 31.8 Å². The molecule has 3 rings (SSSR count). The van der Waals surface area contributed by atoms with Crippen LogP contribution < -0.4 is 16.6 Å². The van der Waals surface area contributed by atoms with E-state index in [2.05, 4.69) is 10.3 Å². The highest BCUT2D eigenvalue weighted by Gasteiger charge is 2.31. The van der Waals surface area contributed by atoms with Crippen molar-refractivity contribution >= 4 is 27.5 Å². The fraction of sp³-hybridized carbons (Fsp3) is 0.500. The first kappa shape index (κ1) is 14.2. The molecule has 1 amide bonds. The van der Waals surface area contributed by atoms with Gasteiger partial charge in [0, 0.05) is 25.6 Å². The van der Waals surface area contributed by atoms with Gasteiger partial charge < -0.3 is 11.1 Å². The molecule has 1 unspecified atom stereocenters. The Balaban J connectivity index is 1.61. The number of amides is 1. The molecule has 0 saturated heterocycles. The minimum Gasteiger partial charge on any atom is -0.352 e. The number of nitrogens with two attached hydrogens (primary N) is 1. The fourth-order valence-electron chi connectivity index (χ4n) is 2.42. The van der Waals surface area contributed by atoms with Crippen LogP contribution in [0.4, 0.5) is 0 Å². The Kier molecular flexibility index (Phi) is 4.03. The summed E-state index contributed by atoms with van der Waals surface area (Å²) in [6, 6.07) is 1.84. The second kappa shape index (κ2) is 5.95. The van der Waals surface area contributed by atoms with Crippen LogP contribution in [0.15, 0.2) is 22.6 Å². The van der Waals surface area contributed by atoms with E-state index in [1.807, 2.05) is 5.38 Å². The molecule has 1 aliphatic carbocycles. The molecule has 21 heavy (non-hydrogen) atoms. The molecule has 1 atom stereocenters. The van der Waals surface area contributed by atoms with Crippen LogP contribution in [0.5, 0.6) is 0 Å². The van der Waals surface area contributed by atoms with E-state index in [0.29, 0.717) is 24.4 Å². The molecule has 1 aliphatic rings. The molecule has 7 heteroatoms. The van der Waals surface area contributed by atoms with Gasteiger partial charge in [-0.3, -0.25) is 14.2 Å². The predicted octanol–water partition coefficient (Wildman–Crippen LogP) is 0.702. The van der Waals surface area contributed by atoms with Crippen molar-refractivity contribution in [2.24, 2.45) is 11.7 Å². The van der Waals surface area contributed by atoms with Crippen LogP contribution in [-0.2, 0) is 11.3 Å². The molecule has 0 aliphatic heterocycles. The Hall–Kier alpha value is -1.73. The van der Waals surface area contributed by atoms with Crippen LogP contribution in [0.3, 0.4) is 0 Å². The molecule has 2 heterocycles. The third kappa shape index (κ3) is 3.14. The van der Waals surface area contributed by atoms with E-state index in [1.54, 1.807) is 6.07 Å². The monoisotopic (exact) mass is 306 g/mol. The number of carbonyl (C=O) groups is 1. The Morgan fingerprint density at radius 2 is 2.38 bits per heavy atom. The predicted molar refractivity (Wildman–Crippen MR) is 82.2 cm³/mol. The topological polar surface area (TPSA) is 90.0 Å². The van der Waals surface area contributed by atoms with Gasteiger partial charge >= 0.3 is 0 Å². The van der Waals surface area contributed by atoms with Gasteiger partial charge in [-0.25, -0.2) is 4.98 Å². The summed E-state index contributed by atoms with van der Waals surface area (Å²) in [5.41, 5.74) is 5.57. The summed E-state index contributed by atoms with van der Waals surface area (Å²) in [6.07, 6.45) is 4.05. The summed E-state index contributed by atoms with van der Waals surface area (Å²) >= 11 is 1.44. The number of carbonyl (C=O) groups excluding carboxylic acids is 1. The molecular formula is C14H18N4O2S. The van der Waals surface area contributed by atoms with Crippen LogP contribution in [-0.4, -0.2) is 28.0 Å². The summed E-state index contributed by atoms with van der Waals surface area (Å²) in [4.78, 5) is 29.1. The Morgan fingerprint density at radius 3 is 3.10 bits per heavy atom. The maximum absolute atomic E-state index is 12.2. The number of hydrogen-bond acceptors (Lipinski definition) is 5. The molecule has 6 nitrogen and oxygen atoms in total. The average Bonchev–Trinajstić information content (AvgIpc) is 3.21. The van der Waals surface area contributed by atoms with Crippen LogP contribution in [0, 0.1) is 5.92 Å². The summed E-state index contributed by atoms with van der Waals surface area (Å²) in [6.45, 7) is 0.810. The van der Waals surface area contributed by atoms with Gasteiger partial charge in [-0.1, -0.05) is 0 Å². The summed E-state index contributed by atoms with van der Waals surface area (Å²) in [5, 5.41) is 5.41. The molecule has 0 spiro atoms. The highest BCUT2D eigenvalue weighted by molar-refractivity contribution is 7.16. The molecule has 2 aromatic rings. The van der Waals surface area contributed by atoms with E-state index < -0.39 is 0 Å². The van der Waals surface area contributed by atoms with Crippen LogP contribution >= 0.6 is 11.3 Å². The largest absolute Gasteiger partial charge is 0.352 e. The lowest BCUT2D eigenvalue weighted by Gasteiger charge is -2.16. The molecule has 112 valence electrons. The number of hydrogen-bond donors (Lipinski definition) is 2. The minimum atomic E-state index is -0.0911. The summed E-state index contributed by atoms with van der Waals surface area (Å²) < 4.78 is 1.49. The SMILES string of the molecule is NCC(NC(=O)CCn1cnc2sccc2c1=O)C1CC1. The van der Waals surface area contributed by atoms with Crippen molar-refractivity contribution in [1.82, 2.24) is 14.9 Å². The number of aromatic nitrogens is 2. The van der Waals surface area contributed by atoms with Gasteiger partial charge in [-0.05, 0) is 30.2 Å². The van der Waals surface area contributed by atoms with Gasteiger partial charge in [0.1, 0.15) is 4.83 Å². The van der Waals surface area contributed by atoms with Gasteiger partial charge in [0.2, 0.25) is 5.91 Å². The lowest BCUT2D eigenvalue weighted by molar-refractivity contribution is -0.122. The summed E-state index contributed by atoms with van der Waals surface area (Å²) in [7, 11) is 0. The first-order chi connectivity index (χ1) is 10.2. The average molecular weight is 306 g/mol. The second-order valence-electron chi connectivity index (χ2n) is 5.38. The molecular weight excluding hydrogens is 288 g/mol. The Labute approximate surface area is 126 Å². The summed E-state index contributed by atoms with van der Waals surface area (Å²) in [5.74, 6) is 0.472. The number of aryl methyl sites for hydroxylation is 1. The van der Waals surface area contributed by atoms with Gasteiger partial charge in [0.05, 0.1) is 11.7 Å². The van der Waals surface area contributed by atoms with E-state index in [9.17, 15) is 9.59 Å². The van der Waals surface area contributed by atoms with Crippen LogP contribution in [0.25, 0.3) is 10.2 Å². The third-order valence-electron chi connectivity index (χ3n) is 3.82. The standard InChI is InChI=1S/C14H18N4O2S/c15-7-11(9-1-2-9)17-12(19)3-5-18-8-16-13-10(14(18)20)4-6-21-13/h4,6,8-9,11H,1-3,5,7,15H2,(H,17,19). The van der Waals surface area contributed by atoms with Crippen molar-refractivity contribution in [2.75, 3.05) is 6.54 Å². The lowest BCUT2D eigenvalue weighted by atomic mass is 10.2. The zero-order valence-corrected chi connectivity index (χ0v) is 12.4. The Morgan fingerprint density at radius 1 is 1.57 bits per heavy atom. The van der Waals surface area contributed by atoms with Gasteiger partial charge in [-0.15, -0.1) is 11.3 Å². The van der Waals surface area contributed by atoms with E-state index >= 15 is 0 Å². The number of fused-ring (bicyclic) bond motifs is 1. The van der Waals surface area contributed by atoms with E-state index in [1.165, 1.54) is 22.2 Å². The molecule has 3 N–H and O–H groups in total. The van der Waals surface area contributed by atoms with E-state index in [-0.39, 0.29) is 23.9 Å². The molecule has 1 saturated carbocycles. The van der Waals surface area contributed by atoms with Gasteiger partial charge in [-0.2, -0.15) is 0 Å². The maximum Gasteiger partial charge on any atom is 0.262 e. The van der Waals surface area contributed by atoms with E-state index in [0.717, 1.165) is 17.7 Å².